The molecule has 6 heteroatoms. The summed E-state index contributed by atoms with van der Waals surface area (Å²) in [5.74, 6) is 1.79. The second-order valence-electron chi connectivity index (χ2n) is 6.53. The smallest absolute Gasteiger partial charge is 0.241 e. The van der Waals surface area contributed by atoms with E-state index in [1.54, 1.807) is 6.26 Å². The van der Waals surface area contributed by atoms with Gasteiger partial charge in [-0.3, -0.25) is 9.80 Å². The SMILES string of the molecule is Cc1cccc(CN2CCN(Cc3nc(-c4ccco4)no3)CC2)c1. The van der Waals surface area contributed by atoms with Crippen LogP contribution in [0.15, 0.2) is 51.6 Å². The number of nitrogens with zero attached hydrogens (tertiary/aromatic N) is 4. The molecule has 2 aromatic heterocycles. The number of aromatic nitrogens is 2. The van der Waals surface area contributed by atoms with E-state index in [1.165, 1.54) is 11.1 Å². The first-order chi connectivity index (χ1) is 12.3. The van der Waals surface area contributed by atoms with E-state index in [0.717, 1.165) is 32.7 Å². The summed E-state index contributed by atoms with van der Waals surface area (Å²) in [6, 6.07) is 12.4. The molecule has 1 aliphatic heterocycles. The van der Waals surface area contributed by atoms with Crippen molar-refractivity contribution in [3.05, 3.63) is 59.7 Å². The van der Waals surface area contributed by atoms with Gasteiger partial charge in [0.2, 0.25) is 11.7 Å². The monoisotopic (exact) mass is 338 g/mol. The molecule has 0 spiro atoms. The summed E-state index contributed by atoms with van der Waals surface area (Å²) in [7, 11) is 0. The number of aryl methyl sites for hydroxylation is 1. The Bertz CT molecular complexity index is 804. The van der Waals surface area contributed by atoms with E-state index in [-0.39, 0.29) is 0 Å². The van der Waals surface area contributed by atoms with Gasteiger partial charge in [-0.1, -0.05) is 35.0 Å². The van der Waals surface area contributed by atoms with Gasteiger partial charge in [0.05, 0.1) is 12.8 Å². The Balaban J connectivity index is 1.29. The Morgan fingerprint density at radius 1 is 1.00 bits per heavy atom. The van der Waals surface area contributed by atoms with Crippen molar-refractivity contribution in [3.8, 4) is 11.6 Å². The molecule has 1 saturated heterocycles. The highest BCUT2D eigenvalue weighted by Crippen LogP contribution is 2.17. The summed E-state index contributed by atoms with van der Waals surface area (Å²) in [4.78, 5) is 9.26. The summed E-state index contributed by atoms with van der Waals surface area (Å²) in [5, 5.41) is 3.99. The van der Waals surface area contributed by atoms with E-state index in [0.29, 0.717) is 24.0 Å². The van der Waals surface area contributed by atoms with Gasteiger partial charge in [-0.15, -0.1) is 0 Å². The molecule has 25 heavy (non-hydrogen) atoms. The van der Waals surface area contributed by atoms with Gasteiger partial charge >= 0.3 is 0 Å². The molecule has 0 bridgehead atoms. The van der Waals surface area contributed by atoms with Gasteiger partial charge in [0.1, 0.15) is 0 Å². The Morgan fingerprint density at radius 3 is 2.52 bits per heavy atom. The maximum Gasteiger partial charge on any atom is 0.241 e. The Morgan fingerprint density at radius 2 is 1.80 bits per heavy atom. The van der Waals surface area contributed by atoms with Crippen LogP contribution >= 0.6 is 0 Å². The van der Waals surface area contributed by atoms with Gasteiger partial charge in [-0.05, 0) is 24.6 Å². The van der Waals surface area contributed by atoms with Crippen LogP contribution in [-0.2, 0) is 13.1 Å². The lowest BCUT2D eigenvalue weighted by molar-refractivity contribution is 0.112. The first-order valence-corrected chi connectivity index (χ1v) is 8.63. The molecule has 0 N–H and O–H groups in total. The third-order valence-electron chi connectivity index (χ3n) is 4.52. The molecule has 0 unspecified atom stereocenters. The van der Waals surface area contributed by atoms with Gasteiger partial charge in [-0.2, -0.15) is 4.98 Å². The van der Waals surface area contributed by atoms with Crippen LogP contribution in [0, 0.1) is 6.92 Å². The summed E-state index contributed by atoms with van der Waals surface area (Å²) >= 11 is 0. The molecule has 0 amide bonds. The average Bonchev–Trinajstić information content (AvgIpc) is 3.28. The molecule has 6 nitrogen and oxygen atoms in total. The van der Waals surface area contributed by atoms with Crippen LogP contribution in [0.2, 0.25) is 0 Å². The number of benzene rings is 1. The number of hydrogen-bond acceptors (Lipinski definition) is 6. The van der Waals surface area contributed by atoms with Crippen molar-refractivity contribution in [1.29, 1.82) is 0 Å². The van der Waals surface area contributed by atoms with E-state index in [9.17, 15) is 0 Å². The van der Waals surface area contributed by atoms with Gasteiger partial charge in [0.25, 0.3) is 0 Å². The highest BCUT2D eigenvalue weighted by atomic mass is 16.5. The molecule has 0 saturated carbocycles. The molecular formula is C19H22N4O2. The standard InChI is InChI=1S/C19H22N4O2/c1-15-4-2-5-16(12-15)13-22-7-9-23(10-8-22)14-18-20-19(21-25-18)17-6-3-11-24-17/h2-6,11-12H,7-10,13-14H2,1H3. The fourth-order valence-corrected chi connectivity index (χ4v) is 3.19. The van der Waals surface area contributed by atoms with Gasteiger partial charge in [0, 0.05) is 32.7 Å². The molecule has 1 fully saturated rings. The number of rotatable bonds is 5. The van der Waals surface area contributed by atoms with Crippen LogP contribution in [0.1, 0.15) is 17.0 Å². The van der Waals surface area contributed by atoms with Crippen molar-refractivity contribution in [3.63, 3.8) is 0 Å². The molecule has 3 heterocycles. The highest BCUT2D eigenvalue weighted by Gasteiger charge is 2.20. The van der Waals surface area contributed by atoms with Crippen molar-refractivity contribution in [2.24, 2.45) is 0 Å². The number of hydrogen-bond donors (Lipinski definition) is 0. The van der Waals surface area contributed by atoms with Crippen molar-refractivity contribution in [1.82, 2.24) is 19.9 Å². The van der Waals surface area contributed by atoms with Gasteiger partial charge in [0.15, 0.2) is 5.76 Å². The van der Waals surface area contributed by atoms with Crippen molar-refractivity contribution < 1.29 is 8.94 Å². The molecule has 1 aromatic carbocycles. The summed E-state index contributed by atoms with van der Waals surface area (Å²) < 4.78 is 10.6. The van der Waals surface area contributed by atoms with E-state index in [1.807, 2.05) is 12.1 Å². The van der Waals surface area contributed by atoms with E-state index in [4.69, 9.17) is 8.94 Å². The second-order valence-corrected chi connectivity index (χ2v) is 6.53. The van der Waals surface area contributed by atoms with Crippen LogP contribution in [-0.4, -0.2) is 46.1 Å². The second kappa shape index (κ2) is 7.21. The predicted molar refractivity (Wildman–Crippen MR) is 93.7 cm³/mol. The topological polar surface area (TPSA) is 58.5 Å². The molecule has 0 radical (unpaired) electrons. The predicted octanol–water partition coefficient (Wildman–Crippen LogP) is 2.96. The third kappa shape index (κ3) is 3.97. The minimum absolute atomic E-state index is 0.512. The number of piperazine rings is 1. The number of furan rings is 1. The lowest BCUT2D eigenvalue weighted by Gasteiger charge is -2.33. The van der Waals surface area contributed by atoms with E-state index in [2.05, 4.69) is 51.1 Å². The lowest BCUT2D eigenvalue weighted by Crippen LogP contribution is -2.45. The zero-order chi connectivity index (χ0) is 17.1. The van der Waals surface area contributed by atoms with Crippen LogP contribution < -0.4 is 0 Å². The van der Waals surface area contributed by atoms with E-state index < -0.39 is 0 Å². The van der Waals surface area contributed by atoms with Gasteiger partial charge in [-0.25, -0.2) is 0 Å². The zero-order valence-corrected chi connectivity index (χ0v) is 14.4. The maximum absolute atomic E-state index is 5.35. The summed E-state index contributed by atoms with van der Waals surface area (Å²) in [6.45, 7) is 7.95. The summed E-state index contributed by atoms with van der Waals surface area (Å²) in [6.07, 6.45) is 1.61. The maximum atomic E-state index is 5.35. The highest BCUT2D eigenvalue weighted by molar-refractivity contribution is 5.44. The Labute approximate surface area is 147 Å². The largest absolute Gasteiger partial charge is 0.461 e. The Kier molecular flexibility index (Phi) is 4.63. The first-order valence-electron chi connectivity index (χ1n) is 8.63. The van der Waals surface area contributed by atoms with Crippen LogP contribution in [0.25, 0.3) is 11.6 Å². The molecule has 3 aromatic rings. The van der Waals surface area contributed by atoms with Crippen molar-refractivity contribution >= 4 is 0 Å². The van der Waals surface area contributed by atoms with Crippen LogP contribution in [0.5, 0.6) is 0 Å². The molecule has 0 aliphatic carbocycles. The Hall–Kier alpha value is -2.44. The van der Waals surface area contributed by atoms with Crippen LogP contribution in [0.3, 0.4) is 0 Å². The van der Waals surface area contributed by atoms with E-state index >= 15 is 0 Å². The van der Waals surface area contributed by atoms with Gasteiger partial charge < -0.3 is 8.94 Å². The normalized spacial score (nSPS) is 16.4. The molecule has 1 aliphatic rings. The minimum atomic E-state index is 0.512. The molecular weight excluding hydrogens is 316 g/mol. The fourth-order valence-electron chi connectivity index (χ4n) is 3.19. The zero-order valence-electron chi connectivity index (χ0n) is 14.4. The molecule has 130 valence electrons. The lowest BCUT2D eigenvalue weighted by atomic mass is 10.1. The molecule has 0 atom stereocenters. The minimum Gasteiger partial charge on any atom is -0.461 e. The fraction of sp³-hybridized carbons (Fsp3) is 0.368. The third-order valence-corrected chi connectivity index (χ3v) is 4.52. The summed E-state index contributed by atoms with van der Waals surface area (Å²) in [5.41, 5.74) is 2.70. The van der Waals surface area contributed by atoms with Crippen LogP contribution in [0.4, 0.5) is 0 Å². The first kappa shape index (κ1) is 16.1. The quantitative estimate of drug-likeness (QED) is 0.713. The van der Waals surface area contributed by atoms with Crippen molar-refractivity contribution in [2.75, 3.05) is 26.2 Å². The molecule has 4 rings (SSSR count). The average molecular weight is 338 g/mol. The van der Waals surface area contributed by atoms with Crippen molar-refractivity contribution in [2.45, 2.75) is 20.0 Å².